The van der Waals surface area contributed by atoms with Gasteiger partial charge >= 0.3 is 0 Å². The SMILES string of the molecule is C=C/C=C(\C=C/N)c1cc(C(O)c2ccccc2-c2cccnc2)c(-c2ncn[nH]2)s1. The van der Waals surface area contributed by atoms with Gasteiger partial charge < -0.3 is 10.8 Å². The smallest absolute Gasteiger partial charge is 0.165 e. The summed E-state index contributed by atoms with van der Waals surface area (Å²) in [7, 11) is 0. The van der Waals surface area contributed by atoms with Crippen molar-refractivity contribution in [2.45, 2.75) is 6.10 Å². The van der Waals surface area contributed by atoms with Crippen LogP contribution in [0.1, 0.15) is 22.1 Å². The van der Waals surface area contributed by atoms with Crippen molar-refractivity contribution in [2.75, 3.05) is 0 Å². The number of aliphatic hydroxyl groups is 1. The second-order valence-corrected chi connectivity index (χ2v) is 7.73. The Balaban J connectivity index is 1.87. The molecule has 0 radical (unpaired) electrons. The highest BCUT2D eigenvalue weighted by molar-refractivity contribution is 7.16. The zero-order chi connectivity index (χ0) is 21.6. The lowest BCUT2D eigenvalue weighted by Gasteiger charge is -2.16. The van der Waals surface area contributed by atoms with E-state index in [1.165, 1.54) is 23.9 Å². The number of nitrogens with two attached hydrogens (primary N) is 1. The average molecular weight is 428 g/mol. The molecule has 3 aromatic heterocycles. The van der Waals surface area contributed by atoms with E-state index in [2.05, 4.69) is 26.7 Å². The van der Waals surface area contributed by atoms with Crippen LogP contribution in [0.4, 0.5) is 0 Å². The molecule has 4 rings (SSSR count). The summed E-state index contributed by atoms with van der Waals surface area (Å²) >= 11 is 1.50. The van der Waals surface area contributed by atoms with Crippen LogP contribution in [0, 0.1) is 0 Å². The highest BCUT2D eigenvalue weighted by atomic mass is 32.1. The van der Waals surface area contributed by atoms with Gasteiger partial charge in [-0.15, -0.1) is 11.3 Å². The monoisotopic (exact) mass is 427 g/mol. The Kier molecular flexibility index (Phi) is 6.16. The molecule has 31 heavy (non-hydrogen) atoms. The van der Waals surface area contributed by atoms with Gasteiger partial charge in [-0.05, 0) is 41.1 Å². The molecular weight excluding hydrogens is 406 g/mol. The lowest BCUT2D eigenvalue weighted by Crippen LogP contribution is -2.02. The number of allylic oxidation sites excluding steroid dienone is 4. The van der Waals surface area contributed by atoms with Gasteiger partial charge in [0.25, 0.3) is 0 Å². The van der Waals surface area contributed by atoms with E-state index in [4.69, 9.17) is 5.73 Å². The number of aromatic amines is 1. The fourth-order valence-electron chi connectivity index (χ4n) is 3.39. The van der Waals surface area contributed by atoms with Crippen LogP contribution in [-0.2, 0) is 0 Å². The first-order chi connectivity index (χ1) is 15.2. The van der Waals surface area contributed by atoms with Crippen LogP contribution in [0.15, 0.2) is 92.2 Å². The highest BCUT2D eigenvalue weighted by Crippen LogP contribution is 2.41. The van der Waals surface area contributed by atoms with Crippen molar-refractivity contribution in [1.29, 1.82) is 0 Å². The molecule has 0 saturated carbocycles. The summed E-state index contributed by atoms with van der Waals surface area (Å²) in [5.74, 6) is 0.596. The van der Waals surface area contributed by atoms with Crippen molar-refractivity contribution in [3.63, 3.8) is 0 Å². The second kappa shape index (κ2) is 9.34. The minimum Gasteiger partial charge on any atom is -0.405 e. The molecule has 0 spiro atoms. The van der Waals surface area contributed by atoms with Crippen LogP contribution >= 0.6 is 11.3 Å². The number of H-pyrrole nitrogens is 1. The maximum Gasteiger partial charge on any atom is 0.165 e. The standard InChI is InChI=1S/C24H21N5OS/c1-2-6-16(10-11-25)21-13-20(23(31-21)24-27-15-28-29-24)22(30)19-9-4-3-8-18(19)17-7-5-12-26-14-17/h2-15,22,30H,1,25H2,(H,27,28,29)/b11-10-,16-6+. The number of pyridine rings is 1. The van der Waals surface area contributed by atoms with E-state index in [-0.39, 0.29) is 0 Å². The fraction of sp³-hybridized carbons (Fsp3) is 0.0417. The summed E-state index contributed by atoms with van der Waals surface area (Å²) in [5, 5.41) is 18.4. The maximum absolute atomic E-state index is 11.5. The molecule has 154 valence electrons. The molecule has 4 aromatic rings. The van der Waals surface area contributed by atoms with Gasteiger partial charge in [0.05, 0.1) is 4.88 Å². The van der Waals surface area contributed by atoms with Crippen LogP contribution in [-0.4, -0.2) is 25.3 Å². The van der Waals surface area contributed by atoms with Crippen molar-refractivity contribution >= 4 is 16.9 Å². The van der Waals surface area contributed by atoms with Gasteiger partial charge in [-0.2, -0.15) is 5.10 Å². The Bertz CT molecular complexity index is 1230. The molecule has 1 aromatic carbocycles. The van der Waals surface area contributed by atoms with E-state index in [1.807, 2.05) is 48.5 Å². The van der Waals surface area contributed by atoms with E-state index >= 15 is 0 Å². The molecule has 1 unspecified atom stereocenters. The number of rotatable bonds is 7. The Morgan fingerprint density at radius 1 is 1.19 bits per heavy atom. The first kappa shape index (κ1) is 20.5. The summed E-state index contributed by atoms with van der Waals surface area (Å²) in [5.41, 5.74) is 9.90. The highest BCUT2D eigenvalue weighted by Gasteiger charge is 2.24. The molecule has 1 atom stereocenters. The molecule has 0 amide bonds. The molecule has 4 N–H and O–H groups in total. The molecule has 0 aliphatic carbocycles. The summed E-state index contributed by atoms with van der Waals surface area (Å²) < 4.78 is 0. The van der Waals surface area contributed by atoms with Crippen molar-refractivity contribution in [2.24, 2.45) is 5.73 Å². The number of aromatic nitrogens is 4. The molecular formula is C24H21N5OS. The van der Waals surface area contributed by atoms with E-state index in [0.717, 1.165) is 37.6 Å². The molecule has 6 nitrogen and oxygen atoms in total. The third-order valence-electron chi connectivity index (χ3n) is 4.77. The normalized spacial score (nSPS) is 12.9. The van der Waals surface area contributed by atoms with Crippen LogP contribution in [0.2, 0.25) is 0 Å². The lowest BCUT2D eigenvalue weighted by molar-refractivity contribution is 0.222. The molecule has 0 saturated heterocycles. The number of benzene rings is 1. The number of hydrogen-bond donors (Lipinski definition) is 3. The lowest BCUT2D eigenvalue weighted by atomic mass is 9.93. The molecule has 0 fully saturated rings. The third-order valence-corrected chi connectivity index (χ3v) is 5.98. The van der Waals surface area contributed by atoms with Crippen molar-refractivity contribution in [3.05, 3.63) is 108 Å². The summed E-state index contributed by atoms with van der Waals surface area (Å²) in [4.78, 5) is 10.3. The number of nitrogens with one attached hydrogen (secondary N) is 1. The predicted octanol–water partition coefficient (Wildman–Crippen LogP) is 4.72. The molecule has 0 aliphatic rings. The first-order valence-corrected chi connectivity index (χ1v) is 10.4. The van der Waals surface area contributed by atoms with Gasteiger partial charge in [0.15, 0.2) is 5.82 Å². The summed E-state index contributed by atoms with van der Waals surface area (Å²) in [6.45, 7) is 3.78. The number of aliphatic hydroxyl groups excluding tert-OH is 1. The van der Waals surface area contributed by atoms with Gasteiger partial charge in [-0.3, -0.25) is 10.1 Å². The number of hydrogen-bond acceptors (Lipinski definition) is 6. The van der Waals surface area contributed by atoms with E-state index in [1.54, 1.807) is 24.5 Å². The number of nitrogens with zero attached hydrogens (tertiary/aromatic N) is 3. The maximum atomic E-state index is 11.5. The molecule has 7 heteroatoms. The van der Waals surface area contributed by atoms with Gasteiger partial charge in [0.2, 0.25) is 0 Å². The quantitative estimate of drug-likeness (QED) is 0.371. The molecule has 0 bridgehead atoms. The summed E-state index contributed by atoms with van der Waals surface area (Å²) in [6, 6.07) is 13.6. The molecule has 3 heterocycles. The van der Waals surface area contributed by atoms with Gasteiger partial charge in [-0.25, -0.2) is 4.98 Å². The van der Waals surface area contributed by atoms with Crippen molar-refractivity contribution in [3.8, 4) is 21.8 Å². The predicted molar refractivity (Wildman–Crippen MR) is 125 cm³/mol. The van der Waals surface area contributed by atoms with Crippen LogP contribution in [0.3, 0.4) is 0 Å². The molecule has 0 aliphatic heterocycles. The Hall–Kier alpha value is -3.81. The van der Waals surface area contributed by atoms with Gasteiger partial charge in [0.1, 0.15) is 12.4 Å². The van der Waals surface area contributed by atoms with Gasteiger partial charge in [-0.1, -0.05) is 49.1 Å². The minimum atomic E-state index is -0.881. The van der Waals surface area contributed by atoms with Crippen LogP contribution in [0.5, 0.6) is 0 Å². The second-order valence-electron chi connectivity index (χ2n) is 6.68. The third kappa shape index (κ3) is 4.23. The van der Waals surface area contributed by atoms with Crippen LogP contribution in [0.25, 0.3) is 27.4 Å². The minimum absolute atomic E-state index is 0.596. The van der Waals surface area contributed by atoms with E-state index in [0.29, 0.717) is 5.82 Å². The van der Waals surface area contributed by atoms with Crippen LogP contribution < -0.4 is 5.73 Å². The van der Waals surface area contributed by atoms with E-state index < -0.39 is 6.10 Å². The Morgan fingerprint density at radius 3 is 2.77 bits per heavy atom. The summed E-state index contributed by atoms with van der Waals surface area (Å²) in [6.07, 6.45) is 11.0. The Morgan fingerprint density at radius 2 is 2.06 bits per heavy atom. The first-order valence-electron chi connectivity index (χ1n) is 9.61. The zero-order valence-corrected chi connectivity index (χ0v) is 17.5. The topological polar surface area (TPSA) is 101 Å². The fourth-order valence-corrected chi connectivity index (χ4v) is 4.53. The Labute approximate surface area is 184 Å². The average Bonchev–Trinajstić information content (AvgIpc) is 3.49. The zero-order valence-electron chi connectivity index (χ0n) is 16.6. The largest absolute Gasteiger partial charge is 0.405 e. The number of thiophene rings is 1. The van der Waals surface area contributed by atoms with Crippen molar-refractivity contribution < 1.29 is 5.11 Å². The van der Waals surface area contributed by atoms with Crippen molar-refractivity contribution in [1.82, 2.24) is 20.2 Å². The van der Waals surface area contributed by atoms with E-state index in [9.17, 15) is 5.11 Å². The van der Waals surface area contributed by atoms with Gasteiger partial charge in [0, 0.05) is 28.4 Å².